The van der Waals surface area contributed by atoms with Gasteiger partial charge in [-0.2, -0.15) is 4.31 Å². The fourth-order valence-electron chi connectivity index (χ4n) is 1.83. The molecule has 0 unspecified atom stereocenters. The van der Waals surface area contributed by atoms with Crippen LogP contribution in [0.1, 0.15) is 25.8 Å². The summed E-state index contributed by atoms with van der Waals surface area (Å²) in [5, 5.41) is 2.76. The van der Waals surface area contributed by atoms with Crippen molar-refractivity contribution >= 4 is 21.6 Å². The predicted octanol–water partition coefficient (Wildman–Crippen LogP) is 2.24. The lowest BCUT2D eigenvalue weighted by Gasteiger charge is -2.20. The molecule has 1 aromatic carbocycles. The Hall–Kier alpha value is -1.40. The molecule has 0 atom stereocenters. The Morgan fingerprint density at radius 3 is 2.43 bits per heavy atom. The number of hydrogen-bond donors (Lipinski definition) is 1. The lowest BCUT2D eigenvalue weighted by Crippen LogP contribution is -2.38. The summed E-state index contributed by atoms with van der Waals surface area (Å²) >= 11 is 0. The maximum Gasteiger partial charge on any atom is 0.239 e. The molecule has 0 spiro atoms. The van der Waals surface area contributed by atoms with E-state index in [1.165, 1.54) is 4.31 Å². The molecular weight excluding hydrogens is 288 g/mol. The first kappa shape index (κ1) is 17.7. The second-order valence-electron chi connectivity index (χ2n) is 5.64. The van der Waals surface area contributed by atoms with E-state index >= 15 is 0 Å². The van der Waals surface area contributed by atoms with Crippen LogP contribution in [0.15, 0.2) is 24.3 Å². The summed E-state index contributed by atoms with van der Waals surface area (Å²) in [6.45, 7) is 6.14. The molecule has 1 rings (SSSR count). The van der Waals surface area contributed by atoms with E-state index in [1.807, 2.05) is 39.0 Å². The van der Waals surface area contributed by atoms with E-state index < -0.39 is 10.0 Å². The number of aryl methyl sites for hydroxylation is 1. The van der Waals surface area contributed by atoms with Gasteiger partial charge in [-0.1, -0.05) is 32.0 Å². The lowest BCUT2D eigenvalue weighted by atomic mass is 10.1. The number of hydrogen-bond acceptors (Lipinski definition) is 3. The second kappa shape index (κ2) is 7.56. The summed E-state index contributed by atoms with van der Waals surface area (Å²) in [6.07, 6.45) is 1.86. The molecular formula is C15H24N2O3S. The molecule has 5 nitrogen and oxygen atoms in total. The average Bonchev–Trinajstić information content (AvgIpc) is 2.35. The van der Waals surface area contributed by atoms with Crippen molar-refractivity contribution in [2.24, 2.45) is 5.92 Å². The van der Waals surface area contributed by atoms with Crippen molar-refractivity contribution in [3.8, 4) is 0 Å². The molecule has 0 heterocycles. The van der Waals surface area contributed by atoms with Crippen molar-refractivity contribution in [1.29, 1.82) is 0 Å². The molecule has 0 aliphatic heterocycles. The third kappa shape index (κ3) is 6.27. The van der Waals surface area contributed by atoms with Crippen LogP contribution in [-0.2, 0) is 14.8 Å². The molecule has 118 valence electrons. The van der Waals surface area contributed by atoms with Crippen molar-refractivity contribution in [3.63, 3.8) is 0 Å². The van der Waals surface area contributed by atoms with Gasteiger partial charge in [0.15, 0.2) is 0 Å². The lowest BCUT2D eigenvalue weighted by molar-refractivity contribution is -0.116. The topological polar surface area (TPSA) is 66.5 Å². The molecule has 0 saturated carbocycles. The first-order valence-corrected chi connectivity index (χ1v) is 8.85. The summed E-state index contributed by atoms with van der Waals surface area (Å²) in [5.41, 5.74) is 1.65. The molecule has 0 bridgehead atoms. The zero-order valence-corrected chi connectivity index (χ0v) is 13.9. The van der Waals surface area contributed by atoms with Crippen LogP contribution in [0.4, 0.5) is 5.69 Å². The molecule has 0 fully saturated rings. The Morgan fingerprint density at radius 1 is 1.29 bits per heavy atom. The van der Waals surface area contributed by atoms with E-state index in [2.05, 4.69) is 5.32 Å². The fraction of sp³-hybridized carbons (Fsp3) is 0.533. The SMILES string of the molecule is Cc1ccccc1NC(=O)CN(CCC(C)C)S(C)(=O)=O. The van der Waals surface area contributed by atoms with Crippen LogP contribution >= 0.6 is 0 Å². The Balaban J connectivity index is 2.70. The van der Waals surface area contributed by atoms with Crippen LogP contribution in [-0.4, -0.2) is 38.0 Å². The van der Waals surface area contributed by atoms with E-state index in [0.29, 0.717) is 18.2 Å². The number of para-hydroxylation sites is 1. The monoisotopic (exact) mass is 312 g/mol. The second-order valence-corrected chi connectivity index (χ2v) is 7.62. The van der Waals surface area contributed by atoms with Crippen LogP contribution in [0.3, 0.4) is 0 Å². The van der Waals surface area contributed by atoms with Crippen molar-refractivity contribution in [3.05, 3.63) is 29.8 Å². The highest BCUT2D eigenvalue weighted by Crippen LogP contribution is 2.13. The number of nitrogens with one attached hydrogen (secondary N) is 1. The number of amides is 1. The number of nitrogens with zero attached hydrogens (tertiary/aromatic N) is 1. The van der Waals surface area contributed by atoms with E-state index in [9.17, 15) is 13.2 Å². The van der Waals surface area contributed by atoms with Crippen LogP contribution in [0.25, 0.3) is 0 Å². The van der Waals surface area contributed by atoms with Crippen molar-refractivity contribution in [2.75, 3.05) is 24.7 Å². The van der Waals surface area contributed by atoms with Gasteiger partial charge < -0.3 is 5.32 Å². The highest BCUT2D eigenvalue weighted by Gasteiger charge is 2.20. The Labute approximate surface area is 127 Å². The van der Waals surface area contributed by atoms with Gasteiger partial charge in [0.05, 0.1) is 12.8 Å². The quantitative estimate of drug-likeness (QED) is 0.839. The van der Waals surface area contributed by atoms with Crippen molar-refractivity contribution < 1.29 is 13.2 Å². The molecule has 0 radical (unpaired) electrons. The van der Waals surface area contributed by atoms with Gasteiger partial charge in [0.25, 0.3) is 0 Å². The van der Waals surface area contributed by atoms with Crippen LogP contribution in [0, 0.1) is 12.8 Å². The van der Waals surface area contributed by atoms with Crippen LogP contribution in [0.2, 0.25) is 0 Å². The molecule has 1 N–H and O–H groups in total. The molecule has 6 heteroatoms. The number of sulfonamides is 1. The minimum atomic E-state index is -3.39. The molecule has 0 aliphatic rings. The zero-order valence-electron chi connectivity index (χ0n) is 13.1. The van der Waals surface area contributed by atoms with E-state index in [-0.39, 0.29) is 12.5 Å². The highest BCUT2D eigenvalue weighted by atomic mass is 32.2. The molecule has 1 amide bonds. The van der Waals surface area contributed by atoms with Gasteiger partial charge in [0, 0.05) is 12.2 Å². The van der Waals surface area contributed by atoms with Gasteiger partial charge in [-0.15, -0.1) is 0 Å². The summed E-state index contributed by atoms with van der Waals surface area (Å²) in [7, 11) is -3.39. The number of carbonyl (C=O) groups excluding carboxylic acids is 1. The number of anilines is 1. The van der Waals surface area contributed by atoms with Gasteiger partial charge in [-0.3, -0.25) is 4.79 Å². The Bertz CT molecular complexity index is 582. The van der Waals surface area contributed by atoms with Gasteiger partial charge in [-0.05, 0) is 30.9 Å². The largest absolute Gasteiger partial charge is 0.325 e. The summed E-state index contributed by atoms with van der Waals surface area (Å²) in [4.78, 5) is 12.0. The van der Waals surface area contributed by atoms with E-state index in [1.54, 1.807) is 6.07 Å². The molecule has 0 aromatic heterocycles. The molecule has 21 heavy (non-hydrogen) atoms. The number of rotatable bonds is 7. The van der Waals surface area contributed by atoms with Crippen LogP contribution < -0.4 is 5.32 Å². The summed E-state index contributed by atoms with van der Waals surface area (Å²) in [6, 6.07) is 7.40. The maximum absolute atomic E-state index is 12.0. The maximum atomic E-state index is 12.0. The highest BCUT2D eigenvalue weighted by molar-refractivity contribution is 7.88. The summed E-state index contributed by atoms with van der Waals surface area (Å²) in [5.74, 6) is 0.0622. The van der Waals surface area contributed by atoms with Crippen LogP contribution in [0.5, 0.6) is 0 Å². The molecule has 0 saturated heterocycles. The van der Waals surface area contributed by atoms with Gasteiger partial charge in [0.1, 0.15) is 0 Å². The van der Waals surface area contributed by atoms with E-state index in [0.717, 1.165) is 18.2 Å². The smallest absolute Gasteiger partial charge is 0.239 e. The van der Waals surface area contributed by atoms with Crippen molar-refractivity contribution in [2.45, 2.75) is 27.2 Å². The first-order chi connectivity index (χ1) is 9.70. The fourth-order valence-corrected chi connectivity index (χ4v) is 2.62. The van der Waals surface area contributed by atoms with E-state index in [4.69, 9.17) is 0 Å². The number of carbonyl (C=O) groups is 1. The van der Waals surface area contributed by atoms with Crippen molar-refractivity contribution in [1.82, 2.24) is 4.31 Å². The molecule has 0 aliphatic carbocycles. The molecule has 1 aromatic rings. The van der Waals surface area contributed by atoms with Gasteiger partial charge in [0.2, 0.25) is 15.9 Å². The average molecular weight is 312 g/mol. The minimum absolute atomic E-state index is 0.153. The minimum Gasteiger partial charge on any atom is -0.325 e. The Kier molecular flexibility index (Phi) is 6.36. The normalized spacial score (nSPS) is 11.9. The zero-order chi connectivity index (χ0) is 16.0. The predicted molar refractivity (Wildman–Crippen MR) is 85.7 cm³/mol. The Morgan fingerprint density at radius 2 is 1.90 bits per heavy atom. The first-order valence-electron chi connectivity index (χ1n) is 7.00. The third-order valence-corrected chi connectivity index (χ3v) is 4.41. The summed E-state index contributed by atoms with van der Waals surface area (Å²) < 4.78 is 24.7. The van der Waals surface area contributed by atoms with Gasteiger partial charge >= 0.3 is 0 Å². The number of benzene rings is 1. The van der Waals surface area contributed by atoms with Gasteiger partial charge in [-0.25, -0.2) is 8.42 Å². The third-order valence-electron chi connectivity index (χ3n) is 3.16. The standard InChI is InChI=1S/C15H24N2O3S/c1-12(2)9-10-17(21(4,19)20)11-15(18)16-14-8-6-5-7-13(14)3/h5-8,12H,9-11H2,1-4H3,(H,16,18).